The van der Waals surface area contributed by atoms with Gasteiger partial charge >= 0.3 is 0 Å². The maximum atomic E-state index is 11.7. The fourth-order valence-electron chi connectivity index (χ4n) is 1.60. The molecule has 4 nitrogen and oxygen atoms in total. The van der Waals surface area contributed by atoms with Crippen LogP contribution in [-0.4, -0.2) is 38.1 Å². The number of benzene rings is 1. The van der Waals surface area contributed by atoms with Gasteiger partial charge in [0.1, 0.15) is 5.75 Å². The molecule has 1 unspecified atom stereocenters. The zero-order valence-electron chi connectivity index (χ0n) is 11.3. The van der Waals surface area contributed by atoms with E-state index in [1.165, 1.54) is 0 Å². The van der Waals surface area contributed by atoms with Crippen molar-refractivity contribution in [2.24, 2.45) is 0 Å². The van der Waals surface area contributed by atoms with Gasteiger partial charge in [0.05, 0.1) is 18.5 Å². The number of ether oxygens (including phenoxy) is 2. The maximum Gasteiger partial charge on any atom is 0.220 e. The summed E-state index contributed by atoms with van der Waals surface area (Å²) in [5.74, 6) is 0.881. The molecule has 0 spiro atoms. The van der Waals surface area contributed by atoms with E-state index in [2.05, 4.69) is 21.2 Å². The molecule has 0 aliphatic rings. The van der Waals surface area contributed by atoms with Crippen molar-refractivity contribution >= 4 is 21.8 Å². The first-order valence-corrected chi connectivity index (χ1v) is 7.10. The minimum absolute atomic E-state index is 0.0522. The standard InChI is InChI=1S/C14H20BrNO3/c1-18-10-12(15)9-16-14(17)8-5-11-3-6-13(19-2)7-4-11/h3-4,6-7,12H,5,8-10H2,1-2H3,(H,16,17). The quantitative estimate of drug-likeness (QED) is 0.743. The van der Waals surface area contributed by atoms with Gasteiger partial charge in [-0.05, 0) is 24.1 Å². The first-order valence-electron chi connectivity index (χ1n) is 6.18. The molecule has 1 rings (SSSR count). The van der Waals surface area contributed by atoms with E-state index in [4.69, 9.17) is 9.47 Å². The molecule has 1 aromatic rings. The van der Waals surface area contributed by atoms with Crippen LogP contribution in [0.2, 0.25) is 0 Å². The summed E-state index contributed by atoms with van der Waals surface area (Å²) in [7, 11) is 3.28. The number of carbonyl (C=O) groups excluding carboxylic acids is 1. The average molecular weight is 330 g/mol. The summed E-state index contributed by atoms with van der Waals surface area (Å²) in [4.78, 5) is 11.8. The molecule has 1 aromatic carbocycles. The average Bonchev–Trinajstić information content (AvgIpc) is 2.44. The van der Waals surface area contributed by atoms with Crippen molar-refractivity contribution in [1.29, 1.82) is 0 Å². The van der Waals surface area contributed by atoms with Crippen LogP contribution in [-0.2, 0) is 16.0 Å². The predicted octanol–water partition coefficient (Wildman–Crippen LogP) is 2.15. The molecule has 1 atom stereocenters. The Morgan fingerprint density at radius 2 is 2.00 bits per heavy atom. The molecule has 1 N–H and O–H groups in total. The van der Waals surface area contributed by atoms with Gasteiger partial charge in [0.2, 0.25) is 5.91 Å². The van der Waals surface area contributed by atoms with E-state index in [1.807, 2.05) is 24.3 Å². The number of aryl methyl sites for hydroxylation is 1. The van der Waals surface area contributed by atoms with Gasteiger partial charge in [-0.3, -0.25) is 4.79 Å². The van der Waals surface area contributed by atoms with Crippen LogP contribution in [0.15, 0.2) is 24.3 Å². The highest BCUT2D eigenvalue weighted by molar-refractivity contribution is 9.09. The van der Waals surface area contributed by atoms with E-state index < -0.39 is 0 Å². The van der Waals surface area contributed by atoms with Crippen LogP contribution in [0.1, 0.15) is 12.0 Å². The van der Waals surface area contributed by atoms with Gasteiger partial charge in [0, 0.05) is 20.1 Å². The van der Waals surface area contributed by atoms with Crippen LogP contribution in [0.3, 0.4) is 0 Å². The van der Waals surface area contributed by atoms with Crippen molar-refractivity contribution in [1.82, 2.24) is 5.32 Å². The van der Waals surface area contributed by atoms with E-state index in [0.717, 1.165) is 17.7 Å². The lowest BCUT2D eigenvalue weighted by molar-refractivity contribution is -0.121. The van der Waals surface area contributed by atoms with Gasteiger partial charge in [-0.25, -0.2) is 0 Å². The number of methoxy groups -OCH3 is 2. The fourth-order valence-corrected chi connectivity index (χ4v) is 2.03. The zero-order valence-corrected chi connectivity index (χ0v) is 12.9. The molecule has 0 heterocycles. The number of carbonyl (C=O) groups is 1. The number of hydrogen-bond acceptors (Lipinski definition) is 3. The molecule has 0 saturated heterocycles. The van der Waals surface area contributed by atoms with E-state index >= 15 is 0 Å². The second-order valence-electron chi connectivity index (χ2n) is 4.20. The molecule has 106 valence electrons. The second kappa shape index (κ2) is 8.93. The summed E-state index contributed by atoms with van der Waals surface area (Å²) < 4.78 is 10.1. The van der Waals surface area contributed by atoms with E-state index in [-0.39, 0.29) is 10.7 Å². The van der Waals surface area contributed by atoms with Crippen molar-refractivity contribution in [2.45, 2.75) is 17.7 Å². The van der Waals surface area contributed by atoms with E-state index in [1.54, 1.807) is 14.2 Å². The van der Waals surface area contributed by atoms with Crippen molar-refractivity contribution < 1.29 is 14.3 Å². The Morgan fingerprint density at radius 1 is 1.32 bits per heavy atom. The Labute approximate surface area is 122 Å². The maximum absolute atomic E-state index is 11.7. The predicted molar refractivity (Wildman–Crippen MR) is 78.9 cm³/mol. The largest absolute Gasteiger partial charge is 0.497 e. The molecule has 0 fully saturated rings. The fraction of sp³-hybridized carbons (Fsp3) is 0.500. The molecule has 0 radical (unpaired) electrons. The highest BCUT2D eigenvalue weighted by Crippen LogP contribution is 2.12. The van der Waals surface area contributed by atoms with Crippen LogP contribution in [0.5, 0.6) is 5.75 Å². The lowest BCUT2D eigenvalue weighted by Crippen LogP contribution is -2.31. The Bertz CT molecular complexity index is 381. The summed E-state index contributed by atoms with van der Waals surface area (Å²) in [5, 5.41) is 2.87. The Balaban J connectivity index is 2.25. The Kier molecular flexibility index (Phi) is 7.52. The van der Waals surface area contributed by atoms with Gasteiger partial charge in [-0.2, -0.15) is 0 Å². The van der Waals surface area contributed by atoms with Crippen molar-refractivity contribution in [3.63, 3.8) is 0 Å². The molecule has 0 aromatic heterocycles. The van der Waals surface area contributed by atoms with Gasteiger partial charge in [-0.15, -0.1) is 0 Å². The molecular weight excluding hydrogens is 310 g/mol. The minimum Gasteiger partial charge on any atom is -0.497 e. The summed E-state index contributed by atoms with van der Waals surface area (Å²) in [5.41, 5.74) is 1.13. The van der Waals surface area contributed by atoms with Crippen LogP contribution in [0.4, 0.5) is 0 Å². The van der Waals surface area contributed by atoms with Gasteiger partial charge in [0.25, 0.3) is 0 Å². The smallest absolute Gasteiger partial charge is 0.220 e. The molecular formula is C14H20BrNO3. The molecule has 0 aliphatic heterocycles. The number of amides is 1. The highest BCUT2D eigenvalue weighted by atomic mass is 79.9. The summed E-state index contributed by atoms with van der Waals surface area (Å²) in [6, 6.07) is 7.76. The van der Waals surface area contributed by atoms with Gasteiger partial charge in [0.15, 0.2) is 0 Å². The zero-order chi connectivity index (χ0) is 14.1. The summed E-state index contributed by atoms with van der Waals surface area (Å²) in [6.45, 7) is 1.16. The molecule has 0 bridgehead atoms. The summed E-state index contributed by atoms with van der Waals surface area (Å²) in [6.07, 6.45) is 1.21. The normalized spacial score (nSPS) is 11.9. The van der Waals surface area contributed by atoms with Gasteiger partial charge < -0.3 is 14.8 Å². The molecule has 0 saturated carbocycles. The molecule has 19 heavy (non-hydrogen) atoms. The van der Waals surface area contributed by atoms with Crippen LogP contribution in [0, 0.1) is 0 Å². The lowest BCUT2D eigenvalue weighted by Gasteiger charge is -2.10. The molecule has 0 aliphatic carbocycles. The topological polar surface area (TPSA) is 47.6 Å². The number of hydrogen-bond donors (Lipinski definition) is 1. The van der Waals surface area contributed by atoms with Gasteiger partial charge in [-0.1, -0.05) is 28.1 Å². The Morgan fingerprint density at radius 3 is 2.58 bits per heavy atom. The first kappa shape index (κ1) is 16.0. The number of halogens is 1. The van der Waals surface area contributed by atoms with E-state index in [9.17, 15) is 4.79 Å². The lowest BCUT2D eigenvalue weighted by atomic mass is 10.1. The minimum atomic E-state index is 0.0522. The van der Waals surface area contributed by atoms with Crippen LogP contribution in [0.25, 0.3) is 0 Å². The van der Waals surface area contributed by atoms with Crippen molar-refractivity contribution in [3.05, 3.63) is 29.8 Å². The van der Waals surface area contributed by atoms with Crippen molar-refractivity contribution in [3.8, 4) is 5.75 Å². The Hall–Kier alpha value is -1.07. The number of rotatable bonds is 8. The molecule has 5 heteroatoms. The number of nitrogens with one attached hydrogen (secondary N) is 1. The third-order valence-corrected chi connectivity index (χ3v) is 3.26. The third kappa shape index (κ3) is 6.59. The number of alkyl halides is 1. The van der Waals surface area contributed by atoms with Crippen LogP contribution >= 0.6 is 15.9 Å². The second-order valence-corrected chi connectivity index (χ2v) is 5.50. The van der Waals surface area contributed by atoms with Crippen molar-refractivity contribution in [2.75, 3.05) is 27.4 Å². The highest BCUT2D eigenvalue weighted by Gasteiger charge is 2.06. The SMILES string of the molecule is COCC(Br)CNC(=O)CCc1ccc(OC)cc1. The molecule has 1 amide bonds. The summed E-state index contributed by atoms with van der Waals surface area (Å²) >= 11 is 3.42. The first-order chi connectivity index (χ1) is 9.15. The third-order valence-electron chi connectivity index (χ3n) is 2.67. The van der Waals surface area contributed by atoms with E-state index in [0.29, 0.717) is 19.6 Å². The van der Waals surface area contributed by atoms with Crippen LogP contribution < -0.4 is 10.1 Å². The monoisotopic (exact) mass is 329 g/mol.